The van der Waals surface area contributed by atoms with E-state index < -0.39 is 0 Å². The number of ether oxygens (including phenoxy) is 3. The quantitative estimate of drug-likeness (QED) is 0.751. The standard InChI is InChI=1S/C17H26BrNO3/c1-4-20-16-9-13(8-15(18)17(16)22-12(2)3)10-19-11-14-6-5-7-21-14/h8-9,12,14,19H,4-7,10-11H2,1-3H3/t14-/m1/s1. The molecule has 22 heavy (non-hydrogen) atoms. The van der Waals surface area contributed by atoms with Gasteiger partial charge in [0.25, 0.3) is 0 Å². The molecule has 0 bridgehead atoms. The van der Waals surface area contributed by atoms with E-state index in [9.17, 15) is 0 Å². The molecule has 1 heterocycles. The summed E-state index contributed by atoms with van der Waals surface area (Å²) in [5, 5.41) is 3.46. The van der Waals surface area contributed by atoms with Crippen LogP contribution in [0, 0.1) is 0 Å². The van der Waals surface area contributed by atoms with E-state index in [0.717, 1.165) is 42.1 Å². The maximum Gasteiger partial charge on any atom is 0.175 e. The van der Waals surface area contributed by atoms with Crippen LogP contribution in [0.2, 0.25) is 0 Å². The van der Waals surface area contributed by atoms with E-state index in [1.807, 2.05) is 20.8 Å². The minimum atomic E-state index is 0.110. The van der Waals surface area contributed by atoms with Crippen molar-refractivity contribution in [3.63, 3.8) is 0 Å². The molecule has 2 rings (SSSR count). The maximum atomic E-state index is 5.86. The van der Waals surface area contributed by atoms with Crippen molar-refractivity contribution in [3.05, 3.63) is 22.2 Å². The van der Waals surface area contributed by atoms with Gasteiger partial charge < -0.3 is 19.5 Å². The Kier molecular flexibility index (Phi) is 6.99. The van der Waals surface area contributed by atoms with Crippen LogP contribution in [0.4, 0.5) is 0 Å². The highest BCUT2D eigenvalue weighted by Crippen LogP contribution is 2.37. The lowest BCUT2D eigenvalue weighted by Gasteiger charge is -2.18. The average Bonchev–Trinajstić information content (AvgIpc) is 2.96. The zero-order valence-corrected chi connectivity index (χ0v) is 15.2. The van der Waals surface area contributed by atoms with Gasteiger partial charge in [-0.1, -0.05) is 0 Å². The van der Waals surface area contributed by atoms with Crippen LogP contribution < -0.4 is 14.8 Å². The summed E-state index contributed by atoms with van der Waals surface area (Å²) in [6.07, 6.45) is 2.80. The minimum absolute atomic E-state index is 0.110. The second kappa shape index (κ2) is 8.75. The molecule has 0 aromatic heterocycles. The molecule has 1 aliphatic rings. The summed E-state index contributed by atoms with van der Waals surface area (Å²) in [5.74, 6) is 1.57. The highest BCUT2D eigenvalue weighted by Gasteiger charge is 2.16. The fourth-order valence-electron chi connectivity index (χ4n) is 2.52. The Hall–Kier alpha value is -0.780. The summed E-state index contributed by atoms with van der Waals surface area (Å²) >= 11 is 3.60. The number of hydrogen-bond donors (Lipinski definition) is 1. The molecule has 4 nitrogen and oxygen atoms in total. The predicted molar refractivity (Wildman–Crippen MR) is 91.8 cm³/mol. The van der Waals surface area contributed by atoms with Gasteiger partial charge >= 0.3 is 0 Å². The Balaban J connectivity index is 2.01. The number of rotatable bonds is 8. The fraction of sp³-hybridized carbons (Fsp3) is 0.647. The Morgan fingerprint density at radius 2 is 2.23 bits per heavy atom. The largest absolute Gasteiger partial charge is 0.490 e. The first-order valence-electron chi connectivity index (χ1n) is 8.04. The third kappa shape index (κ3) is 5.14. The van der Waals surface area contributed by atoms with Gasteiger partial charge in [0, 0.05) is 19.7 Å². The molecular weight excluding hydrogens is 346 g/mol. The number of halogens is 1. The molecule has 1 saturated heterocycles. The lowest BCUT2D eigenvalue weighted by atomic mass is 10.2. The Morgan fingerprint density at radius 1 is 1.41 bits per heavy atom. The molecule has 1 aromatic carbocycles. The molecule has 1 aliphatic heterocycles. The second-order valence-corrected chi connectivity index (χ2v) is 6.62. The van der Waals surface area contributed by atoms with Crippen molar-refractivity contribution in [1.29, 1.82) is 0 Å². The summed E-state index contributed by atoms with van der Waals surface area (Å²) in [7, 11) is 0. The van der Waals surface area contributed by atoms with Crippen LogP contribution in [0.15, 0.2) is 16.6 Å². The van der Waals surface area contributed by atoms with Gasteiger partial charge in [-0.15, -0.1) is 0 Å². The minimum Gasteiger partial charge on any atom is -0.490 e. The van der Waals surface area contributed by atoms with Crippen molar-refractivity contribution >= 4 is 15.9 Å². The molecule has 0 aliphatic carbocycles. The van der Waals surface area contributed by atoms with Crippen LogP contribution in [0.3, 0.4) is 0 Å². The first-order chi connectivity index (χ1) is 10.6. The molecule has 5 heteroatoms. The molecule has 124 valence electrons. The van der Waals surface area contributed by atoms with Crippen molar-refractivity contribution in [2.45, 2.75) is 52.4 Å². The Morgan fingerprint density at radius 3 is 2.86 bits per heavy atom. The zero-order chi connectivity index (χ0) is 15.9. The maximum absolute atomic E-state index is 5.86. The molecule has 0 amide bonds. The van der Waals surface area contributed by atoms with Gasteiger partial charge in [0.1, 0.15) is 0 Å². The van der Waals surface area contributed by atoms with Crippen molar-refractivity contribution in [3.8, 4) is 11.5 Å². The van der Waals surface area contributed by atoms with Crippen molar-refractivity contribution < 1.29 is 14.2 Å². The van der Waals surface area contributed by atoms with Crippen LogP contribution in [0.25, 0.3) is 0 Å². The van der Waals surface area contributed by atoms with Crippen molar-refractivity contribution in [2.75, 3.05) is 19.8 Å². The molecule has 0 radical (unpaired) electrons. The second-order valence-electron chi connectivity index (χ2n) is 5.77. The summed E-state index contributed by atoms with van der Waals surface area (Å²) in [6.45, 7) is 9.21. The van der Waals surface area contributed by atoms with E-state index in [4.69, 9.17) is 14.2 Å². The van der Waals surface area contributed by atoms with Crippen LogP contribution in [0.5, 0.6) is 11.5 Å². The molecule has 1 fully saturated rings. The third-order valence-corrected chi connectivity index (χ3v) is 4.04. The van der Waals surface area contributed by atoms with Crippen molar-refractivity contribution in [1.82, 2.24) is 5.32 Å². The first-order valence-corrected chi connectivity index (χ1v) is 8.83. The van der Waals surface area contributed by atoms with Crippen LogP contribution in [0.1, 0.15) is 39.2 Å². The van der Waals surface area contributed by atoms with Gasteiger partial charge in [-0.25, -0.2) is 0 Å². The van der Waals surface area contributed by atoms with Crippen molar-refractivity contribution in [2.24, 2.45) is 0 Å². The van der Waals surface area contributed by atoms with Crippen LogP contribution in [-0.2, 0) is 11.3 Å². The molecular formula is C17H26BrNO3. The van der Waals surface area contributed by atoms with Crippen LogP contribution in [-0.4, -0.2) is 32.0 Å². The number of hydrogen-bond acceptors (Lipinski definition) is 4. The van der Waals surface area contributed by atoms with Gasteiger partial charge in [-0.2, -0.15) is 0 Å². The molecule has 1 atom stereocenters. The van der Waals surface area contributed by atoms with Gasteiger partial charge in [0.15, 0.2) is 11.5 Å². The van der Waals surface area contributed by atoms with E-state index in [0.29, 0.717) is 12.7 Å². The number of nitrogens with one attached hydrogen (secondary N) is 1. The van der Waals surface area contributed by atoms with Gasteiger partial charge in [0.2, 0.25) is 0 Å². The Labute approximate surface area is 141 Å². The molecule has 1 aromatic rings. The molecule has 0 spiro atoms. The summed E-state index contributed by atoms with van der Waals surface area (Å²) in [4.78, 5) is 0. The smallest absolute Gasteiger partial charge is 0.175 e. The van der Waals surface area contributed by atoms with Gasteiger partial charge in [-0.05, 0) is 67.2 Å². The highest BCUT2D eigenvalue weighted by molar-refractivity contribution is 9.10. The van der Waals surface area contributed by atoms with E-state index in [1.165, 1.54) is 12.0 Å². The van der Waals surface area contributed by atoms with Gasteiger partial charge in [0.05, 0.1) is 23.3 Å². The molecule has 1 N–H and O–H groups in total. The summed E-state index contributed by atoms with van der Waals surface area (Å²) < 4.78 is 18.1. The summed E-state index contributed by atoms with van der Waals surface area (Å²) in [5.41, 5.74) is 1.17. The van der Waals surface area contributed by atoms with Crippen LogP contribution >= 0.6 is 15.9 Å². The Bertz CT molecular complexity index is 473. The van der Waals surface area contributed by atoms with E-state index in [2.05, 4.69) is 33.4 Å². The fourth-order valence-corrected chi connectivity index (χ4v) is 3.10. The highest BCUT2D eigenvalue weighted by atomic mass is 79.9. The van der Waals surface area contributed by atoms with E-state index >= 15 is 0 Å². The molecule has 0 unspecified atom stereocenters. The number of benzene rings is 1. The monoisotopic (exact) mass is 371 g/mol. The zero-order valence-electron chi connectivity index (χ0n) is 13.7. The average molecular weight is 372 g/mol. The van der Waals surface area contributed by atoms with Gasteiger partial charge in [-0.3, -0.25) is 0 Å². The molecule has 0 saturated carbocycles. The lowest BCUT2D eigenvalue weighted by molar-refractivity contribution is 0.110. The SMILES string of the molecule is CCOc1cc(CNC[C@H]2CCCO2)cc(Br)c1OC(C)C. The third-order valence-electron chi connectivity index (χ3n) is 3.45. The van der Waals surface area contributed by atoms with E-state index in [1.54, 1.807) is 0 Å². The first kappa shape index (κ1) is 17.6. The topological polar surface area (TPSA) is 39.7 Å². The van der Waals surface area contributed by atoms with E-state index in [-0.39, 0.29) is 6.10 Å². The predicted octanol–water partition coefficient (Wildman–Crippen LogP) is 3.90. The lowest BCUT2D eigenvalue weighted by Crippen LogP contribution is -2.25. The summed E-state index contributed by atoms with van der Waals surface area (Å²) in [6, 6.07) is 4.14. The normalized spacial score (nSPS) is 18.0.